The minimum Gasteiger partial charge on any atom is -0.390 e. The first-order valence-corrected chi connectivity index (χ1v) is 10.2. The molecule has 0 saturated heterocycles. The second kappa shape index (κ2) is 8.13. The van der Waals surface area contributed by atoms with Gasteiger partial charge in [0.15, 0.2) is 9.84 Å². The fourth-order valence-electron chi connectivity index (χ4n) is 2.76. The van der Waals surface area contributed by atoms with E-state index in [9.17, 15) is 22.3 Å². The monoisotopic (exact) mass is 443 g/mol. The van der Waals surface area contributed by atoms with Crippen LogP contribution < -0.4 is 0 Å². The molecule has 28 heavy (non-hydrogen) atoms. The summed E-state index contributed by atoms with van der Waals surface area (Å²) in [5.74, 6) is -1.72. The van der Waals surface area contributed by atoms with Crippen LogP contribution in [0.15, 0.2) is 59.6 Å². The molecule has 1 heterocycles. The van der Waals surface area contributed by atoms with Gasteiger partial charge in [0.05, 0.1) is 22.2 Å². The Labute approximate surface area is 170 Å². The lowest BCUT2D eigenvalue weighted by Crippen LogP contribution is -2.18. The molecule has 0 bridgehead atoms. The highest BCUT2D eigenvalue weighted by molar-refractivity contribution is 7.92. The molecule has 1 N–H and O–H groups in total. The molecule has 1 atom stereocenters. The predicted molar refractivity (Wildman–Crippen MR) is 102 cm³/mol. The van der Waals surface area contributed by atoms with Gasteiger partial charge in [-0.15, -0.1) is 0 Å². The van der Waals surface area contributed by atoms with Crippen LogP contribution in [0, 0.1) is 11.6 Å². The normalized spacial score (nSPS) is 12.8. The van der Waals surface area contributed by atoms with E-state index in [0.29, 0.717) is 5.02 Å². The Balaban J connectivity index is 2.32. The minimum absolute atomic E-state index is 0.0276. The van der Waals surface area contributed by atoms with Crippen LogP contribution in [0.25, 0.3) is 0 Å². The zero-order chi connectivity index (χ0) is 20.5. The van der Waals surface area contributed by atoms with E-state index in [1.165, 1.54) is 30.3 Å². The van der Waals surface area contributed by atoms with Crippen LogP contribution in [0.2, 0.25) is 10.0 Å². The van der Waals surface area contributed by atoms with Crippen molar-refractivity contribution in [3.05, 3.63) is 93.2 Å². The summed E-state index contributed by atoms with van der Waals surface area (Å²) in [4.78, 5) is 3.73. The second-order valence-electron chi connectivity index (χ2n) is 5.90. The van der Waals surface area contributed by atoms with Crippen molar-refractivity contribution in [1.29, 1.82) is 0 Å². The van der Waals surface area contributed by atoms with Gasteiger partial charge in [0, 0.05) is 16.8 Å². The first kappa shape index (κ1) is 20.7. The molecule has 0 aliphatic rings. The lowest BCUT2D eigenvalue weighted by Gasteiger charge is -2.21. The van der Waals surface area contributed by atoms with Gasteiger partial charge in [-0.1, -0.05) is 23.2 Å². The molecule has 0 fully saturated rings. The Kier molecular flexibility index (Phi) is 6.00. The number of hydrogen-bond acceptors (Lipinski definition) is 4. The zero-order valence-electron chi connectivity index (χ0n) is 14.1. The van der Waals surface area contributed by atoms with Crippen molar-refractivity contribution in [2.75, 3.05) is 0 Å². The average Bonchev–Trinajstić information content (AvgIpc) is 2.66. The van der Waals surface area contributed by atoms with E-state index < -0.39 is 38.9 Å². The van der Waals surface area contributed by atoms with Crippen LogP contribution in [0.4, 0.5) is 8.78 Å². The van der Waals surface area contributed by atoms with E-state index >= 15 is 0 Å². The molecule has 2 aromatic carbocycles. The van der Waals surface area contributed by atoms with Gasteiger partial charge < -0.3 is 5.11 Å². The largest absolute Gasteiger partial charge is 0.390 e. The molecule has 0 aliphatic heterocycles. The number of benzene rings is 2. The summed E-state index contributed by atoms with van der Waals surface area (Å²) in [5.41, 5.74) is -0.306. The molecule has 0 radical (unpaired) electrons. The highest BCUT2D eigenvalue weighted by Crippen LogP contribution is 2.40. The van der Waals surface area contributed by atoms with Crippen LogP contribution in [0.5, 0.6) is 0 Å². The van der Waals surface area contributed by atoms with Crippen molar-refractivity contribution in [2.24, 2.45) is 0 Å². The maximum atomic E-state index is 14.6. The number of aliphatic hydroxyl groups is 1. The van der Waals surface area contributed by atoms with Crippen molar-refractivity contribution in [3.63, 3.8) is 0 Å². The van der Waals surface area contributed by atoms with Gasteiger partial charge in [-0.3, -0.25) is 4.98 Å². The molecule has 0 aliphatic carbocycles. The van der Waals surface area contributed by atoms with Crippen molar-refractivity contribution in [3.8, 4) is 0 Å². The lowest BCUT2D eigenvalue weighted by molar-refractivity contribution is 0.276. The fraction of sp³-hybridized carbons (Fsp3) is 0.105. The van der Waals surface area contributed by atoms with Gasteiger partial charge in [-0.25, -0.2) is 17.2 Å². The van der Waals surface area contributed by atoms with Crippen LogP contribution in [0.3, 0.4) is 0 Å². The van der Waals surface area contributed by atoms with E-state index in [2.05, 4.69) is 4.98 Å². The van der Waals surface area contributed by atoms with Crippen molar-refractivity contribution >= 4 is 33.0 Å². The summed E-state index contributed by atoms with van der Waals surface area (Å²) >= 11 is 12.0. The average molecular weight is 444 g/mol. The lowest BCUT2D eigenvalue weighted by atomic mass is 10.0. The Hall–Kier alpha value is -2.06. The van der Waals surface area contributed by atoms with E-state index in [-0.39, 0.29) is 21.2 Å². The molecule has 1 aromatic heterocycles. The van der Waals surface area contributed by atoms with Crippen molar-refractivity contribution in [2.45, 2.75) is 16.8 Å². The predicted octanol–water partition coefficient (Wildman–Crippen LogP) is 4.72. The summed E-state index contributed by atoms with van der Waals surface area (Å²) in [6.07, 6.45) is 1.16. The molecular formula is C19H13Cl2F2NO3S. The summed E-state index contributed by atoms with van der Waals surface area (Å²) in [6, 6.07) is 9.08. The van der Waals surface area contributed by atoms with Gasteiger partial charge in [0.2, 0.25) is 0 Å². The standard InChI is InChI=1S/C19H13Cl2F2NO3S/c20-11-1-4-14(5-2-11)28(26,27)19(16-7-12(22)3-6-18(16)23)15-8-13(10-25)24-9-17(15)21/h1-9,19,25H,10H2. The number of rotatable bonds is 5. The number of hydrogen-bond donors (Lipinski definition) is 1. The summed E-state index contributed by atoms with van der Waals surface area (Å²) < 4.78 is 55.2. The first-order valence-electron chi connectivity index (χ1n) is 7.93. The molecule has 146 valence electrons. The first-order chi connectivity index (χ1) is 13.2. The molecular weight excluding hydrogens is 431 g/mol. The zero-order valence-corrected chi connectivity index (χ0v) is 16.4. The summed E-state index contributed by atoms with van der Waals surface area (Å²) in [6.45, 7) is -0.483. The van der Waals surface area contributed by atoms with Crippen LogP contribution >= 0.6 is 23.2 Å². The number of aromatic nitrogens is 1. The smallest absolute Gasteiger partial charge is 0.189 e. The maximum Gasteiger partial charge on any atom is 0.189 e. The summed E-state index contributed by atoms with van der Waals surface area (Å²) in [7, 11) is -4.27. The fourth-order valence-corrected chi connectivity index (χ4v) is 5.00. The van der Waals surface area contributed by atoms with Crippen LogP contribution in [-0.2, 0) is 16.4 Å². The SMILES string of the molecule is O=S(=O)(c1ccc(Cl)cc1)C(c1cc(F)ccc1F)c1cc(CO)ncc1Cl. The third kappa shape index (κ3) is 4.03. The van der Waals surface area contributed by atoms with Gasteiger partial charge >= 0.3 is 0 Å². The molecule has 3 rings (SSSR count). The molecule has 9 heteroatoms. The number of aliphatic hydroxyl groups excluding tert-OH is 1. The Morgan fingerprint density at radius 3 is 2.32 bits per heavy atom. The van der Waals surface area contributed by atoms with Crippen LogP contribution in [-0.4, -0.2) is 18.5 Å². The van der Waals surface area contributed by atoms with E-state index in [1.807, 2.05) is 0 Å². The third-order valence-electron chi connectivity index (χ3n) is 4.08. The molecule has 0 saturated carbocycles. The minimum atomic E-state index is -4.27. The number of pyridine rings is 1. The molecule has 0 spiro atoms. The number of sulfone groups is 1. The maximum absolute atomic E-state index is 14.6. The van der Waals surface area contributed by atoms with Gasteiger partial charge in [-0.2, -0.15) is 0 Å². The second-order valence-corrected chi connectivity index (χ2v) is 8.78. The highest BCUT2D eigenvalue weighted by Gasteiger charge is 2.35. The third-order valence-corrected chi connectivity index (χ3v) is 6.70. The van der Waals surface area contributed by atoms with Gasteiger partial charge in [0.1, 0.15) is 16.9 Å². The molecule has 3 aromatic rings. The molecule has 0 amide bonds. The Morgan fingerprint density at radius 1 is 1.00 bits per heavy atom. The van der Waals surface area contributed by atoms with Gasteiger partial charge in [-0.05, 0) is 54.1 Å². The van der Waals surface area contributed by atoms with Crippen molar-refractivity contribution < 1.29 is 22.3 Å². The quantitative estimate of drug-likeness (QED) is 0.619. The molecule has 4 nitrogen and oxygen atoms in total. The Bertz CT molecular complexity index is 1120. The van der Waals surface area contributed by atoms with E-state index in [4.69, 9.17) is 23.2 Å². The highest BCUT2D eigenvalue weighted by atomic mass is 35.5. The number of nitrogens with zero attached hydrogens (tertiary/aromatic N) is 1. The molecule has 1 unspecified atom stereocenters. The van der Waals surface area contributed by atoms with E-state index in [0.717, 1.165) is 24.4 Å². The van der Waals surface area contributed by atoms with Crippen LogP contribution in [0.1, 0.15) is 22.1 Å². The topological polar surface area (TPSA) is 67.3 Å². The van der Waals surface area contributed by atoms with Crippen molar-refractivity contribution in [1.82, 2.24) is 4.98 Å². The summed E-state index contributed by atoms with van der Waals surface area (Å²) in [5, 5.41) is 7.94. The Morgan fingerprint density at radius 2 is 1.68 bits per heavy atom. The number of halogens is 4. The van der Waals surface area contributed by atoms with E-state index in [1.54, 1.807) is 0 Å². The van der Waals surface area contributed by atoms with Gasteiger partial charge in [0.25, 0.3) is 0 Å².